The number of hydrogen-bond acceptors (Lipinski definition) is 5. The molecule has 0 radical (unpaired) electrons. The van der Waals surface area contributed by atoms with Crippen molar-refractivity contribution < 1.29 is 0 Å². The van der Waals surface area contributed by atoms with Crippen molar-refractivity contribution in [1.82, 2.24) is 19.2 Å². The highest BCUT2D eigenvalue weighted by Gasteiger charge is 2.24. The van der Waals surface area contributed by atoms with E-state index in [1.165, 1.54) is 0 Å². The van der Waals surface area contributed by atoms with Crippen LogP contribution in [0.3, 0.4) is 0 Å². The van der Waals surface area contributed by atoms with Crippen molar-refractivity contribution in [2.24, 2.45) is 7.05 Å². The molecule has 1 N–H and O–H groups in total. The van der Waals surface area contributed by atoms with E-state index in [4.69, 9.17) is 0 Å². The second-order valence-electron chi connectivity index (χ2n) is 5.83. The molecule has 1 unspecified atom stereocenters. The van der Waals surface area contributed by atoms with Crippen LogP contribution in [0.25, 0.3) is 5.65 Å². The number of anilines is 2. The van der Waals surface area contributed by atoms with Crippen molar-refractivity contribution >= 4 is 17.3 Å². The average Bonchev–Trinajstić information content (AvgIpc) is 3.16. The van der Waals surface area contributed by atoms with Gasteiger partial charge in [-0.3, -0.25) is 13.9 Å². The average molecular weight is 310 g/mol. The molecule has 0 bridgehead atoms. The van der Waals surface area contributed by atoms with Gasteiger partial charge in [0.15, 0.2) is 5.82 Å². The molecule has 118 valence electrons. The van der Waals surface area contributed by atoms with Crippen LogP contribution in [0.15, 0.2) is 47.5 Å². The molecule has 1 fully saturated rings. The Hall–Kier alpha value is -2.83. The van der Waals surface area contributed by atoms with Gasteiger partial charge < -0.3 is 10.2 Å². The summed E-state index contributed by atoms with van der Waals surface area (Å²) in [5.41, 5.74) is 0.583. The summed E-state index contributed by atoms with van der Waals surface area (Å²) in [4.78, 5) is 18.9. The van der Waals surface area contributed by atoms with Crippen LogP contribution in [0.5, 0.6) is 0 Å². The summed E-state index contributed by atoms with van der Waals surface area (Å²) < 4.78 is 3.35. The lowest BCUT2D eigenvalue weighted by Gasteiger charge is -2.16. The van der Waals surface area contributed by atoms with E-state index in [9.17, 15) is 4.79 Å². The van der Waals surface area contributed by atoms with Gasteiger partial charge in [0.2, 0.25) is 0 Å². The maximum absolute atomic E-state index is 12.1. The fraction of sp³-hybridized carbons (Fsp3) is 0.312. The molecule has 3 aromatic heterocycles. The highest BCUT2D eigenvalue weighted by atomic mass is 16.1. The molecule has 0 saturated carbocycles. The smallest absolute Gasteiger partial charge is 0.259 e. The SMILES string of the molecule is Cn1ccc(N2CCC(Nc3cc(=O)n4ccccc4n3)C2)n1. The largest absolute Gasteiger partial charge is 0.365 e. The number of hydrogen-bond donors (Lipinski definition) is 1. The summed E-state index contributed by atoms with van der Waals surface area (Å²) in [6.07, 6.45) is 4.67. The van der Waals surface area contributed by atoms with Crippen LogP contribution < -0.4 is 15.8 Å². The summed E-state index contributed by atoms with van der Waals surface area (Å²) in [6, 6.07) is 9.37. The first-order valence-corrected chi connectivity index (χ1v) is 7.69. The summed E-state index contributed by atoms with van der Waals surface area (Å²) in [6.45, 7) is 1.80. The Morgan fingerprint density at radius 2 is 2.17 bits per heavy atom. The Bertz CT molecular complexity index is 899. The maximum atomic E-state index is 12.1. The number of nitrogens with one attached hydrogen (secondary N) is 1. The number of aromatic nitrogens is 4. The predicted molar refractivity (Wildman–Crippen MR) is 88.9 cm³/mol. The van der Waals surface area contributed by atoms with Gasteiger partial charge in [0.1, 0.15) is 11.5 Å². The zero-order chi connectivity index (χ0) is 15.8. The van der Waals surface area contributed by atoms with Gasteiger partial charge >= 0.3 is 0 Å². The second-order valence-corrected chi connectivity index (χ2v) is 5.83. The van der Waals surface area contributed by atoms with E-state index in [0.717, 1.165) is 25.3 Å². The molecule has 0 aliphatic carbocycles. The van der Waals surface area contributed by atoms with Gasteiger partial charge in [-0.15, -0.1) is 0 Å². The lowest BCUT2D eigenvalue weighted by molar-refractivity contribution is 0.752. The van der Waals surface area contributed by atoms with Crippen molar-refractivity contribution in [3.63, 3.8) is 0 Å². The minimum Gasteiger partial charge on any atom is -0.365 e. The number of fused-ring (bicyclic) bond motifs is 1. The van der Waals surface area contributed by atoms with Crippen LogP contribution in [0.1, 0.15) is 6.42 Å². The van der Waals surface area contributed by atoms with Crippen molar-refractivity contribution in [3.8, 4) is 0 Å². The molecule has 3 aromatic rings. The van der Waals surface area contributed by atoms with Gasteiger partial charge in [-0.2, -0.15) is 5.10 Å². The van der Waals surface area contributed by atoms with Gasteiger partial charge in [0.05, 0.1) is 0 Å². The highest BCUT2D eigenvalue weighted by molar-refractivity contribution is 5.48. The highest BCUT2D eigenvalue weighted by Crippen LogP contribution is 2.20. The normalized spacial score (nSPS) is 17.8. The minimum atomic E-state index is -0.0716. The Labute approximate surface area is 133 Å². The van der Waals surface area contributed by atoms with Gasteiger partial charge in [0.25, 0.3) is 5.56 Å². The molecule has 1 atom stereocenters. The van der Waals surface area contributed by atoms with E-state index in [0.29, 0.717) is 11.5 Å². The molecule has 4 heterocycles. The molecule has 1 saturated heterocycles. The van der Waals surface area contributed by atoms with E-state index in [2.05, 4.69) is 20.3 Å². The number of rotatable bonds is 3. The fourth-order valence-electron chi connectivity index (χ4n) is 2.99. The van der Waals surface area contributed by atoms with Crippen molar-refractivity contribution in [2.45, 2.75) is 12.5 Å². The first kappa shape index (κ1) is 13.8. The topological polar surface area (TPSA) is 67.5 Å². The van der Waals surface area contributed by atoms with Crippen molar-refractivity contribution in [1.29, 1.82) is 0 Å². The molecule has 1 aliphatic rings. The minimum absolute atomic E-state index is 0.0716. The number of nitrogens with zero attached hydrogens (tertiary/aromatic N) is 5. The van der Waals surface area contributed by atoms with Gasteiger partial charge in [-0.25, -0.2) is 4.98 Å². The third-order valence-corrected chi connectivity index (χ3v) is 4.13. The van der Waals surface area contributed by atoms with Gasteiger partial charge in [0, 0.05) is 50.7 Å². The van der Waals surface area contributed by atoms with E-state index < -0.39 is 0 Å². The fourth-order valence-corrected chi connectivity index (χ4v) is 2.99. The molecule has 0 amide bonds. The van der Waals surface area contributed by atoms with Crippen LogP contribution in [0, 0.1) is 0 Å². The lowest BCUT2D eigenvalue weighted by Crippen LogP contribution is -2.27. The maximum Gasteiger partial charge on any atom is 0.259 e. The lowest BCUT2D eigenvalue weighted by atomic mass is 10.2. The van der Waals surface area contributed by atoms with Crippen LogP contribution in [0.4, 0.5) is 11.6 Å². The van der Waals surface area contributed by atoms with E-state index in [1.54, 1.807) is 16.7 Å². The Morgan fingerprint density at radius 3 is 3.00 bits per heavy atom. The van der Waals surface area contributed by atoms with Crippen LogP contribution in [0.2, 0.25) is 0 Å². The summed E-state index contributed by atoms with van der Waals surface area (Å²) >= 11 is 0. The second kappa shape index (κ2) is 5.42. The van der Waals surface area contributed by atoms with Crippen molar-refractivity contribution in [2.75, 3.05) is 23.3 Å². The standard InChI is InChI=1S/C16H18N6O/c1-20-8-6-15(19-20)21-9-5-12(11-21)17-13-10-16(23)22-7-3-2-4-14(22)18-13/h2-4,6-8,10,12,17H,5,9,11H2,1H3. The van der Waals surface area contributed by atoms with Gasteiger partial charge in [-0.1, -0.05) is 6.07 Å². The van der Waals surface area contributed by atoms with E-state index in [1.807, 2.05) is 42.2 Å². The number of pyridine rings is 1. The molecule has 7 nitrogen and oxygen atoms in total. The van der Waals surface area contributed by atoms with Crippen LogP contribution in [-0.4, -0.2) is 38.3 Å². The summed E-state index contributed by atoms with van der Waals surface area (Å²) in [5, 5.41) is 7.81. The van der Waals surface area contributed by atoms with Crippen LogP contribution >= 0.6 is 0 Å². The molecule has 7 heteroatoms. The van der Waals surface area contributed by atoms with Crippen LogP contribution in [-0.2, 0) is 7.05 Å². The van der Waals surface area contributed by atoms with E-state index in [-0.39, 0.29) is 11.6 Å². The quantitative estimate of drug-likeness (QED) is 0.785. The molecule has 0 spiro atoms. The monoisotopic (exact) mass is 310 g/mol. The van der Waals surface area contributed by atoms with Crippen molar-refractivity contribution in [3.05, 3.63) is 53.1 Å². The Morgan fingerprint density at radius 1 is 1.26 bits per heavy atom. The first-order valence-electron chi connectivity index (χ1n) is 7.69. The first-order chi connectivity index (χ1) is 11.2. The van der Waals surface area contributed by atoms with E-state index >= 15 is 0 Å². The summed E-state index contributed by atoms with van der Waals surface area (Å²) in [7, 11) is 1.92. The number of aryl methyl sites for hydroxylation is 1. The third-order valence-electron chi connectivity index (χ3n) is 4.13. The van der Waals surface area contributed by atoms with Gasteiger partial charge in [-0.05, 0) is 18.6 Å². The Balaban J connectivity index is 1.52. The third kappa shape index (κ3) is 2.65. The summed E-state index contributed by atoms with van der Waals surface area (Å²) in [5.74, 6) is 1.62. The zero-order valence-corrected chi connectivity index (χ0v) is 12.9. The zero-order valence-electron chi connectivity index (χ0n) is 12.9. The molecule has 0 aromatic carbocycles. The molecule has 4 rings (SSSR count). The molecule has 23 heavy (non-hydrogen) atoms. The molecular formula is C16H18N6O. The molecule has 1 aliphatic heterocycles. The molecular weight excluding hydrogens is 292 g/mol. The Kier molecular flexibility index (Phi) is 3.25. The predicted octanol–water partition coefficient (Wildman–Crippen LogP) is 1.12.